The number of hydrogen-bond acceptors (Lipinski definition) is 6. The molecule has 1 N–H and O–H groups in total. The smallest absolute Gasteiger partial charge is 0.219 e. The van der Waals surface area contributed by atoms with Crippen molar-refractivity contribution in [2.75, 3.05) is 27.9 Å². The van der Waals surface area contributed by atoms with Crippen molar-refractivity contribution in [1.82, 2.24) is 9.79 Å². The van der Waals surface area contributed by atoms with Gasteiger partial charge in [0, 0.05) is 18.7 Å². The van der Waals surface area contributed by atoms with Crippen LogP contribution in [0.2, 0.25) is 0 Å². The molecule has 3 rings (SSSR count). The van der Waals surface area contributed by atoms with E-state index in [1.165, 1.54) is 0 Å². The molecule has 0 unspecified atom stereocenters. The number of para-hydroxylation sites is 1. The van der Waals surface area contributed by atoms with E-state index in [0.717, 1.165) is 18.4 Å². The molecule has 0 spiro atoms. The molecule has 0 aromatic heterocycles. The van der Waals surface area contributed by atoms with Crippen molar-refractivity contribution in [2.24, 2.45) is 0 Å². The first-order valence-electron chi connectivity index (χ1n) is 7.55. The molecule has 128 valence electrons. The zero-order valence-electron chi connectivity index (χ0n) is 13.5. The van der Waals surface area contributed by atoms with Gasteiger partial charge in [-0.1, -0.05) is 12.1 Å². The minimum absolute atomic E-state index is 0.0683. The number of hydroxylamine groups is 2. The average Bonchev–Trinajstić information content (AvgIpc) is 3.24. The van der Waals surface area contributed by atoms with Gasteiger partial charge in [0.15, 0.2) is 11.5 Å². The average molecular weight is 342 g/mol. The molecule has 1 aromatic rings. The van der Waals surface area contributed by atoms with Crippen molar-refractivity contribution < 1.29 is 22.7 Å². The van der Waals surface area contributed by atoms with Gasteiger partial charge in [0.05, 0.1) is 26.9 Å². The number of hydrogen-bond donors (Lipinski definition) is 1. The van der Waals surface area contributed by atoms with Gasteiger partial charge in [0.25, 0.3) is 0 Å². The predicted molar refractivity (Wildman–Crippen MR) is 84.9 cm³/mol. The highest BCUT2D eigenvalue weighted by Gasteiger charge is 2.46. The number of nitrogens with zero attached hydrogens (tertiary/aromatic N) is 1. The second-order valence-electron chi connectivity index (χ2n) is 5.85. The number of sulfonamides is 1. The highest BCUT2D eigenvalue weighted by molar-refractivity contribution is 7.90. The van der Waals surface area contributed by atoms with E-state index in [4.69, 9.17) is 14.3 Å². The Labute approximate surface area is 136 Å². The fraction of sp³-hybridized carbons (Fsp3) is 0.600. The highest BCUT2D eigenvalue weighted by Crippen LogP contribution is 2.42. The van der Waals surface area contributed by atoms with E-state index in [2.05, 4.69) is 4.72 Å². The molecule has 7 nitrogen and oxygen atoms in total. The Morgan fingerprint density at radius 1 is 1.26 bits per heavy atom. The van der Waals surface area contributed by atoms with Crippen molar-refractivity contribution in [3.8, 4) is 11.5 Å². The summed E-state index contributed by atoms with van der Waals surface area (Å²) in [5.74, 6) is 1.10. The van der Waals surface area contributed by atoms with Crippen LogP contribution in [0.15, 0.2) is 18.2 Å². The lowest BCUT2D eigenvalue weighted by molar-refractivity contribution is -0.110. The summed E-state index contributed by atoms with van der Waals surface area (Å²) in [5, 5.41) is 0.878. The van der Waals surface area contributed by atoms with Gasteiger partial charge in [-0.2, -0.15) is 5.06 Å². The quantitative estimate of drug-likeness (QED) is 0.833. The van der Waals surface area contributed by atoms with E-state index in [1.54, 1.807) is 32.4 Å². The summed E-state index contributed by atoms with van der Waals surface area (Å²) >= 11 is 0. The summed E-state index contributed by atoms with van der Waals surface area (Å²) in [4.78, 5) is 5.51. The summed E-state index contributed by atoms with van der Waals surface area (Å²) in [6, 6.07) is 5.05. The van der Waals surface area contributed by atoms with Crippen LogP contribution in [0.3, 0.4) is 0 Å². The third-order valence-electron chi connectivity index (χ3n) is 4.25. The van der Waals surface area contributed by atoms with Gasteiger partial charge >= 0.3 is 0 Å². The summed E-state index contributed by atoms with van der Waals surface area (Å²) in [6.45, 7) is 0.115. The molecule has 1 heterocycles. The number of benzene rings is 1. The van der Waals surface area contributed by atoms with Crippen LogP contribution in [0.25, 0.3) is 0 Å². The molecule has 0 bridgehead atoms. The maximum absolute atomic E-state index is 12.7. The van der Waals surface area contributed by atoms with E-state index in [9.17, 15) is 8.42 Å². The molecular weight excluding hydrogens is 320 g/mol. The third-order valence-corrected chi connectivity index (χ3v) is 6.10. The van der Waals surface area contributed by atoms with E-state index in [1.807, 2.05) is 12.1 Å². The Morgan fingerprint density at radius 3 is 2.61 bits per heavy atom. The van der Waals surface area contributed by atoms with Crippen LogP contribution in [-0.4, -0.2) is 52.6 Å². The third kappa shape index (κ3) is 3.16. The summed E-state index contributed by atoms with van der Waals surface area (Å²) in [7, 11) is 1.35. The second kappa shape index (κ2) is 6.27. The molecule has 2 aliphatic rings. The molecule has 1 saturated heterocycles. The zero-order valence-corrected chi connectivity index (χ0v) is 14.3. The normalized spacial score (nSPS) is 25.5. The summed E-state index contributed by atoms with van der Waals surface area (Å²) in [5.41, 5.74) is 0.734. The maximum atomic E-state index is 12.7. The van der Waals surface area contributed by atoms with Gasteiger partial charge in [-0.15, -0.1) is 0 Å². The van der Waals surface area contributed by atoms with Crippen LogP contribution in [0.4, 0.5) is 0 Å². The van der Waals surface area contributed by atoms with Gasteiger partial charge in [-0.05, 0) is 18.9 Å². The largest absolute Gasteiger partial charge is 0.493 e. The first-order valence-corrected chi connectivity index (χ1v) is 9.10. The zero-order chi connectivity index (χ0) is 16.6. The Morgan fingerprint density at radius 2 is 2.00 bits per heavy atom. The first kappa shape index (κ1) is 16.5. The number of ether oxygens (including phenoxy) is 2. The summed E-state index contributed by atoms with van der Waals surface area (Å²) in [6.07, 6.45) is 1.80. The minimum atomic E-state index is -3.48. The summed E-state index contributed by atoms with van der Waals surface area (Å²) < 4.78 is 38.9. The molecule has 0 radical (unpaired) electrons. The molecule has 8 heteroatoms. The van der Waals surface area contributed by atoms with Crippen LogP contribution in [0.5, 0.6) is 11.5 Å². The van der Waals surface area contributed by atoms with Gasteiger partial charge in [0.1, 0.15) is 5.25 Å². The van der Waals surface area contributed by atoms with E-state index in [0.29, 0.717) is 11.5 Å². The molecule has 0 amide bonds. The standard InChI is InChI=1S/C15H22N2O5S/c1-17-14(11-5-4-6-12(20-2)15(11)21-3)13(9-22-17)23(18,19)16-10-7-8-10/h4-6,10,13-14,16H,7-9H2,1-3H3/t13-,14+/m0/s1. The van der Waals surface area contributed by atoms with E-state index < -0.39 is 21.3 Å². The lowest BCUT2D eigenvalue weighted by Crippen LogP contribution is -2.40. The molecule has 1 aromatic carbocycles. The fourth-order valence-corrected chi connectivity index (χ4v) is 4.69. The van der Waals surface area contributed by atoms with Crippen LogP contribution in [0, 0.1) is 0 Å². The van der Waals surface area contributed by atoms with Crippen LogP contribution in [-0.2, 0) is 14.9 Å². The lowest BCUT2D eigenvalue weighted by Gasteiger charge is -2.25. The van der Waals surface area contributed by atoms with Gasteiger partial charge in [-0.3, -0.25) is 4.84 Å². The van der Waals surface area contributed by atoms with E-state index >= 15 is 0 Å². The molecule has 23 heavy (non-hydrogen) atoms. The maximum Gasteiger partial charge on any atom is 0.219 e. The molecule has 2 atom stereocenters. The van der Waals surface area contributed by atoms with Crippen LogP contribution >= 0.6 is 0 Å². The topological polar surface area (TPSA) is 77.1 Å². The monoisotopic (exact) mass is 342 g/mol. The van der Waals surface area contributed by atoms with Crippen molar-refractivity contribution in [3.63, 3.8) is 0 Å². The van der Waals surface area contributed by atoms with Gasteiger partial charge in [0.2, 0.25) is 10.0 Å². The number of rotatable bonds is 6. The number of methoxy groups -OCH3 is 2. The lowest BCUT2D eigenvalue weighted by atomic mass is 10.0. The Balaban J connectivity index is 1.98. The van der Waals surface area contributed by atoms with Crippen LogP contribution in [0.1, 0.15) is 24.4 Å². The van der Waals surface area contributed by atoms with Crippen molar-refractivity contribution in [2.45, 2.75) is 30.2 Å². The van der Waals surface area contributed by atoms with E-state index in [-0.39, 0.29) is 12.6 Å². The van der Waals surface area contributed by atoms with Gasteiger partial charge < -0.3 is 9.47 Å². The predicted octanol–water partition coefficient (Wildman–Crippen LogP) is 1.07. The first-order chi connectivity index (χ1) is 11.0. The molecule has 1 aliphatic carbocycles. The molecular formula is C15H22N2O5S. The Hall–Kier alpha value is -1.35. The number of nitrogens with one attached hydrogen (secondary N) is 1. The minimum Gasteiger partial charge on any atom is -0.493 e. The second-order valence-corrected chi connectivity index (χ2v) is 7.78. The fourth-order valence-electron chi connectivity index (χ4n) is 2.92. The van der Waals surface area contributed by atoms with Crippen molar-refractivity contribution in [3.05, 3.63) is 23.8 Å². The molecule has 2 fully saturated rings. The molecule has 1 aliphatic heterocycles. The van der Waals surface area contributed by atoms with Gasteiger partial charge in [-0.25, -0.2) is 13.1 Å². The SMILES string of the molecule is COc1cccc([C@@H]2[C@@H](S(=O)(=O)NC3CC3)CON2C)c1OC. The Bertz CT molecular complexity index is 674. The molecule has 1 saturated carbocycles. The van der Waals surface area contributed by atoms with Crippen molar-refractivity contribution in [1.29, 1.82) is 0 Å². The van der Waals surface area contributed by atoms with Crippen LogP contribution < -0.4 is 14.2 Å². The highest BCUT2D eigenvalue weighted by atomic mass is 32.2. The van der Waals surface area contributed by atoms with Crippen molar-refractivity contribution >= 4 is 10.0 Å². The Kier molecular flexibility index (Phi) is 4.50.